The third-order valence-electron chi connectivity index (χ3n) is 3.22. The minimum absolute atomic E-state index is 0.129. The Bertz CT molecular complexity index is 346. The summed E-state index contributed by atoms with van der Waals surface area (Å²) in [5.41, 5.74) is -1.40. The summed E-state index contributed by atoms with van der Waals surface area (Å²) in [6.45, 7) is 0.997. The van der Waals surface area contributed by atoms with Crippen molar-refractivity contribution in [1.82, 2.24) is 4.90 Å². The van der Waals surface area contributed by atoms with Crippen molar-refractivity contribution in [2.24, 2.45) is 5.92 Å². The van der Waals surface area contributed by atoms with Crippen LogP contribution in [0.25, 0.3) is 0 Å². The first-order chi connectivity index (χ1) is 7.48. The number of carboxylic acid groups (broad SMARTS) is 1. The Labute approximate surface area is 92.2 Å². The second kappa shape index (κ2) is 3.55. The molecule has 2 rings (SSSR count). The van der Waals surface area contributed by atoms with Gasteiger partial charge in [-0.1, -0.05) is 0 Å². The minimum atomic E-state index is -1.40. The van der Waals surface area contributed by atoms with E-state index in [1.807, 2.05) is 0 Å². The van der Waals surface area contributed by atoms with Gasteiger partial charge in [0, 0.05) is 0 Å². The van der Waals surface area contributed by atoms with Crippen molar-refractivity contribution < 1.29 is 24.2 Å². The van der Waals surface area contributed by atoms with E-state index in [4.69, 9.17) is 4.74 Å². The SMILES string of the molecule is CC(C(=O)O)(C1CC1)N1C(=O)COCC1=O. The average Bonchev–Trinajstić information content (AvgIpc) is 2.99. The molecule has 6 nitrogen and oxygen atoms in total. The molecule has 16 heavy (non-hydrogen) atoms. The van der Waals surface area contributed by atoms with E-state index in [0.717, 1.165) is 17.7 Å². The standard InChI is InChI=1S/C10H13NO5/c1-10(9(14)15,6-2-3-6)11-7(12)4-16-5-8(11)13/h6H,2-5H2,1H3,(H,14,15). The van der Waals surface area contributed by atoms with Gasteiger partial charge in [-0.3, -0.25) is 14.5 Å². The van der Waals surface area contributed by atoms with Gasteiger partial charge in [-0.15, -0.1) is 0 Å². The van der Waals surface area contributed by atoms with Crippen LogP contribution in [0.3, 0.4) is 0 Å². The van der Waals surface area contributed by atoms with Crippen LogP contribution in [0.2, 0.25) is 0 Å². The molecular weight excluding hydrogens is 214 g/mol. The van der Waals surface area contributed by atoms with E-state index in [2.05, 4.69) is 0 Å². The van der Waals surface area contributed by atoms with Crippen LogP contribution >= 0.6 is 0 Å². The Kier molecular flexibility index (Phi) is 2.46. The quantitative estimate of drug-likeness (QED) is 0.665. The second-order valence-corrected chi connectivity index (χ2v) is 4.34. The van der Waals surface area contributed by atoms with Crippen LogP contribution in [0.1, 0.15) is 19.8 Å². The molecule has 1 atom stereocenters. The third kappa shape index (κ3) is 1.49. The molecule has 0 aromatic heterocycles. The lowest BCUT2D eigenvalue weighted by atomic mass is 9.92. The molecule has 1 aliphatic carbocycles. The van der Waals surface area contributed by atoms with Crippen molar-refractivity contribution in [2.75, 3.05) is 13.2 Å². The van der Waals surface area contributed by atoms with E-state index >= 15 is 0 Å². The van der Waals surface area contributed by atoms with Crippen LogP contribution in [0, 0.1) is 5.92 Å². The fourth-order valence-corrected chi connectivity index (χ4v) is 2.11. The molecule has 0 aromatic carbocycles. The van der Waals surface area contributed by atoms with Gasteiger partial charge in [0.05, 0.1) is 0 Å². The van der Waals surface area contributed by atoms with Gasteiger partial charge in [-0.05, 0) is 25.7 Å². The first-order valence-corrected chi connectivity index (χ1v) is 5.15. The number of nitrogens with zero attached hydrogens (tertiary/aromatic N) is 1. The summed E-state index contributed by atoms with van der Waals surface area (Å²) in [7, 11) is 0. The number of ether oxygens (including phenoxy) is 1. The summed E-state index contributed by atoms with van der Waals surface area (Å²) < 4.78 is 4.77. The summed E-state index contributed by atoms with van der Waals surface area (Å²) in [6, 6.07) is 0. The molecule has 1 unspecified atom stereocenters. The number of aliphatic carboxylic acids is 1. The fourth-order valence-electron chi connectivity index (χ4n) is 2.11. The van der Waals surface area contributed by atoms with E-state index in [9.17, 15) is 19.5 Å². The van der Waals surface area contributed by atoms with E-state index in [-0.39, 0.29) is 19.1 Å². The smallest absolute Gasteiger partial charge is 0.330 e. The highest BCUT2D eigenvalue weighted by Crippen LogP contribution is 2.43. The normalized spacial score (nSPS) is 25.4. The van der Waals surface area contributed by atoms with Crippen molar-refractivity contribution in [3.05, 3.63) is 0 Å². The van der Waals surface area contributed by atoms with Crippen LogP contribution in [0.4, 0.5) is 0 Å². The molecule has 2 fully saturated rings. The van der Waals surface area contributed by atoms with E-state index in [1.54, 1.807) is 0 Å². The number of rotatable bonds is 3. The van der Waals surface area contributed by atoms with Crippen LogP contribution in [0.5, 0.6) is 0 Å². The molecule has 88 valence electrons. The molecule has 1 heterocycles. The summed E-state index contributed by atoms with van der Waals surface area (Å²) >= 11 is 0. The number of carboxylic acids is 1. The molecule has 0 spiro atoms. The average molecular weight is 227 g/mol. The number of morpholine rings is 1. The predicted molar refractivity (Wildman–Crippen MR) is 51.4 cm³/mol. The first-order valence-electron chi connectivity index (χ1n) is 5.15. The maximum absolute atomic E-state index is 11.6. The summed E-state index contributed by atoms with van der Waals surface area (Å²) in [4.78, 5) is 35.4. The van der Waals surface area contributed by atoms with Crippen molar-refractivity contribution >= 4 is 17.8 Å². The molecule has 0 aromatic rings. The predicted octanol–water partition coefficient (Wildman–Crippen LogP) is -0.375. The lowest BCUT2D eigenvalue weighted by Crippen LogP contribution is -2.62. The van der Waals surface area contributed by atoms with Crippen molar-refractivity contribution in [1.29, 1.82) is 0 Å². The zero-order valence-electron chi connectivity index (χ0n) is 8.93. The molecule has 2 aliphatic rings. The van der Waals surface area contributed by atoms with Crippen molar-refractivity contribution in [3.63, 3.8) is 0 Å². The van der Waals surface area contributed by atoms with Gasteiger partial charge in [0.2, 0.25) is 0 Å². The molecule has 1 saturated carbocycles. The van der Waals surface area contributed by atoms with E-state index < -0.39 is 23.3 Å². The van der Waals surface area contributed by atoms with Crippen molar-refractivity contribution in [2.45, 2.75) is 25.3 Å². The lowest BCUT2D eigenvalue weighted by Gasteiger charge is -2.38. The minimum Gasteiger partial charge on any atom is -0.479 e. The number of carbonyl (C=O) groups excluding carboxylic acids is 2. The molecule has 0 bridgehead atoms. The van der Waals surface area contributed by atoms with Gasteiger partial charge in [-0.25, -0.2) is 4.79 Å². The van der Waals surface area contributed by atoms with Gasteiger partial charge in [0.25, 0.3) is 11.8 Å². The maximum Gasteiger partial charge on any atom is 0.330 e. The second-order valence-electron chi connectivity index (χ2n) is 4.34. The summed E-state index contributed by atoms with van der Waals surface area (Å²) in [5, 5.41) is 9.24. The monoisotopic (exact) mass is 227 g/mol. The Hall–Kier alpha value is -1.43. The van der Waals surface area contributed by atoms with Crippen LogP contribution in [-0.4, -0.2) is 46.5 Å². The van der Waals surface area contributed by atoms with Crippen LogP contribution in [0.15, 0.2) is 0 Å². The first kappa shape index (κ1) is 11.1. The maximum atomic E-state index is 11.6. The van der Waals surface area contributed by atoms with Crippen LogP contribution < -0.4 is 0 Å². The zero-order chi connectivity index (χ0) is 11.9. The van der Waals surface area contributed by atoms with Gasteiger partial charge in [-0.2, -0.15) is 0 Å². The number of amides is 2. The topological polar surface area (TPSA) is 83.9 Å². The number of hydrogen-bond donors (Lipinski definition) is 1. The molecule has 6 heteroatoms. The largest absolute Gasteiger partial charge is 0.479 e. The Morgan fingerprint density at radius 3 is 2.25 bits per heavy atom. The molecule has 0 radical (unpaired) electrons. The highest BCUT2D eigenvalue weighted by molar-refractivity contribution is 6.03. The number of carbonyl (C=O) groups is 3. The third-order valence-corrected chi connectivity index (χ3v) is 3.22. The van der Waals surface area contributed by atoms with Gasteiger partial charge in [0.1, 0.15) is 18.8 Å². The molecule has 1 saturated heterocycles. The Morgan fingerprint density at radius 2 is 1.88 bits per heavy atom. The van der Waals surface area contributed by atoms with Gasteiger partial charge >= 0.3 is 5.97 Å². The van der Waals surface area contributed by atoms with Gasteiger partial charge in [0.15, 0.2) is 0 Å². The highest BCUT2D eigenvalue weighted by Gasteiger charge is 2.56. The summed E-state index contributed by atoms with van der Waals surface area (Å²) in [6.07, 6.45) is 1.47. The Balaban J connectivity index is 2.34. The van der Waals surface area contributed by atoms with Crippen LogP contribution in [-0.2, 0) is 19.1 Å². The summed E-state index contributed by atoms with van der Waals surface area (Å²) in [5.74, 6) is -2.38. The number of imide groups is 1. The van der Waals surface area contributed by atoms with E-state index in [1.165, 1.54) is 6.92 Å². The zero-order valence-corrected chi connectivity index (χ0v) is 8.93. The fraction of sp³-hybridized carbons (Fsp3) is 0.700. The van der Waals surface area contributed by atoms with E-state index in [0.29, 0.717) is 0 Å². The highest BCUT2D eigenvalue weighted by atomic mass is 16.5. The number of hydrogen-bond acceptors (Lipinski definition) is 4. The van der Waals surface area contributed by atoms with Gasteiger partial charge < -0.3 is 9.84 Å². The lowest BCUT2D eigenvalue weighted by molar-refractivity contribution is -0.176. The Morgan fingerprint density at radius 1 is 1.38 bits per heavy atom. The molecule has 1 aliphatic heterocycles. The molecule has 2 amide bonds. The molecule has 1 N–H and O–H groups in total. The van der Waals surface area contributed by atoms with Crippen molar-refractivity contribution in [3.8, 4) is 0 Å². The molecular formula is C10H13NO5.